The van der Waals surface area contributed by atoms with Crippen LogP contribution < -0.4 is 14.8 Å². The summed E-state index contributed by atoms with van der Waals surface area (Å²) >= 11 is 0. The zero-order chi connectivity index (χ0) is 22.7. The van der Waals surface area contributed by atoms with Crippen LogP contribution in [0.15, 0.2) is 47.4 Å². The molecule has 2 aromatic rings. The number of amides is 1. The molecule has 0 saturated heterocycles. The Hall–Kier alpha value is -2.79. The van der Waals surface area contributed by atoms with Gasteiger partial charge in [0.15, 0.2) is 0 Å². The number of hydrogen-bond acceptors (Lipinski definition) is 5. The number of ether oxygens (including phenoxy) is 1. The van der Waals surface area contributed by atoms with E-state index in [9.17, 15) is 31.5 Å². The van der Waals surface area contributed by atoms with Crippen molar-refractivity contribution in [1.29, 1.82) is 0 Å². The molecule has 164 valence electrons. The maximum atomic E-state index is 12.8. The Morgan fingerprint density at radius 3 is 2.33 bits per heavy atom. The molecule has 0 radical (unpaired) electrons. The number of anilines is 2. The molecule has 0 spiro atoms. The van der Waals surface area contributed by atoms with Crippen LogP contribution in [0.1, 0.15) is 25.8 Å². The predicted octanol–water partition coefficient (Wildman–Crippen LogP) is 3.61. The lowest BCUT2D eigenvalue weighted by atomic mass is 10.1. The van der Waals surface area contributed by atoms with Crippen molar-refractivity contribution in [2.75, 3.05) is 17.1 Å². The Morgan fingerprint density at radius 1 is 1.10 bits per heavy atom. The van der Waals surface area contributed by atoms with Crippen molar-refractivity contribution >= 4 is 27.3 Å². The van der Waals surface area contributed by atoms with Crippen molar-refractivity contribution in [2.24, 2.45) is 0 Å². The van der Waals surface area contributed by atoms with Crippen LogP contribution in [0.4, 0.5) is 24.5 Å². The van der Waals surface area contributed by atoms with E-state index in [1.165, 1.54) is 39.2 Å². The van der Waals surface area contributed by atoms with Crippen molar-refractivity contribution in [3.05, 3.63) is 48.0 Å². The topological polar surface area (TPSA) is 105 Å². The first-order valence-corrected chi connectivity index (χ1v) is 10.1. The van der Waals surface area contributed by atoms with Crippen LogP contribution in [0.2, 0.25) is 0 Å². The molecular weight excluding hydrogens is 425 g/mol. The lowest BCUT2D eigenvalue weighted by molar-refractivity contribution is -0.137. The summed E-state index contributed by atoms with van der Waals surface area (Å²) in [5.74, 6) is -0.627. The van der Waals surface area contributed by atoms with E-state index >= 15 is 0 Å². The van der Waals surface area contributed by atoms with Gasteiger partial charge in [0.25, 0.3) is 10.0 Å². The summed E-state index contributed by atoms with van der Waals surface area (Å²) in [4.78, 5) is 11.6. The van der Waals surface area contributed by atoms with Crippen LogP contribution in [-0.2, 0) is 21.0 Å². The predicted molar refractivity (Wildman–Crippen MR) is 105 cm³/mol. The number of hydrogen-bond donors (Lipinski definition) is 3. The molecule has 3 N–H and O–H groups in total. The average Bonchev–Trinajstić information content (AvgIpc) is 2.58. The number of carbonyl (C=O) groups excluding carboxylic acids is 1. The highest BCUT2D eigenvalue weighted by molar-refractivity contribution is 7.92. The second-order valence-electron chi connectivity index (χ2n) is 7.09. The van der Waals surface area contributed by atoms with Crippen molar-refractivity contribution < 1.29 is 36.2 Å². The van der Waals surface area contributed by atoms with Gasteiger partial charge in [-0.1, -0.05) is 6.07 Å². The van der Waals surface area contributed by atoms with E-state index in [-0.39, 0.29) is 28.4 Å². The molecule has 0 aliphatic rings. The minimum absolute atomic E-state index is 0.129. The number of sulfonamides is 1. The molecule has 0 heterocycles. The molecule has 0 bridgehead atoms. The van der Waals surface area contributed by atoms with Gasteiger partial charge in [-0.3, -0.25) is 9.52 Å². The monoisotopic (exact) mass is 446 g/mol. The highest BCUT2D eigenvalue weighted by Gasteiger charge is 2.31. The first-order chi connectivity index (χ1) is 13.7. The van der Waals surface area contributed by atoms with Gasteiger partial charge in [0.1, 0.15) is 10.6 Å². The highest BCUT2D eigenvalue weighted by atomic mass is 32.2. The summed E-state index contributed by atoms with van der Waals surface area (Å²) < 4.78 is 71.0. The molecule has 30 heavy (non-hydrogen) atoms. The molecular formula is C19H21F3N2O5S. The zero-order valence-electron chi connectivity index (χ0n) is 16.4. The van der Waals surface area contributed by atoms with Gasteiger partial charge >= 0.3 is 6.18 Å². The Morgan fingerprint density at radius 2 is 1.77 bits per heavy atom. The summed E-state index contributed by atoms with van der Waals surface area (Å²) in [5, 5.41) is 12.2. The molecule has 2 aromatic carbocycles. The van der Waals surface area contributed by atoms with Gasteiger partial charge in [-0.05, 0) is 44.2 Å². The lowest BCUT2D eigenvalue weighted by Crippen LogP contribution is -2.27. The first kappa shape index (κ1) is 23.5. The van der Waals surface area contributed by atoms with Crippen LogP contribution >= 0.6 is 0 Å². The fraction of sp³-hybridized carbons (Fsp3) is 0.316. The molecule has 0 unspecified atom stereocenters. The van der Waals surface area contributed by atoms with Crippen molar-refractivity contribution in [3.63, 3.8) is 0 Å². The Balaban J connectivity index is 2.28. The summed E-state index contributed by atoms with van der Waals surface area (Å²) in [6.07, 6.45) is -4.81. The number of nitrogens with one attached hydrogen (secondary N) is 2. The molecule has 1 amide bonds. The van der Waals surface area contributed by atoms with Crippen molar-refractivity contribution in [2.45, 2.75) is 36.9 Å². The van der Waals surface area contributed by atoms with Crippen LogP contribution in [0.5, 0.6) is 5.75 Å². The smallest absolute Gasteiger partial charge is 0.416 e. The number of rotatable bonds is 7. The van der Waals surface area contributed by atoms with Gasteiger partial charge in [0.2, 0.25) is 5.91 Å². The fourth-order valence-electron chi connectivity index (χ4n) is 2.53. The number of alkyl halides is 3. The van der Waals surface area contributed by atoms with E-state index in [2.05, 4.69) is 10.0 Å². The quantitative estimate of drug-likeness (QED) is 0.603. The molecule has 0 saturated carbocycles. The normalized spacial score (nSPS) is 12.4. The van der Waals surface area contributed by atoms with Crippen LogP contribution in [0.25, 0.3) is 0 Å². The fourth-order valence-corrected chi connectivity index (χ4v) is 3.74. The Bertz CT molecular complexity index is 1030. The summed E-state index contributed by atoms with van der Waals surface area (Å²) in [5.41, 5.74) is -2.28. The van der Waals surface area contributed by atoms with Gasteiger partial charge in [0, 0.05) is 17.4 Å². The van der Waals surface area contributed by atoms with Crippen molar-refractivity contribution in [1.82, 2.24) is 0 Å². The Kier molecular flexibility index (Phi) is 6.67. The minimum Gasteiger partial charge on any atom is -0.495 e. The molecule has 0 fully saturated rings. The second kappa shape index (κ2) is 8.52. The lowest BCUT2D eigenvalue weighted by Gasteiger charge is -2.17. The molecule has 0 aromatic heterocycles. The second-order valence-corrected chi connectivity index (χ2v) is 8.74. The maximum absolute atomic E-state index is 12.8. The Labute approximate surface area is 171 Å². The number of carbonyl (C=O) groups is 1. The van der Waals surface area contributed by atoms with E-state index in [0.717, 1.165) is 18.2 Å². The highest BCUT2D eigenvalue weighted by Crippen LogP contribution is 2.33. The number of methoxy groups -OCH3 is 1. The molecule has 7 nitrogen and oxygen atoms in total. The third-order valence-corrected chi connectivity index (χ3v) is 5.19. The standard InChI is InChI=1S/C19H21F3N2O5S/c1-18(2,26)11-17(25)23-13-7-8-16(15(10-13)29-3)30(27,28)24-14-6-4-5-12(9-14)19(20,21)22/h4-10,24,26H,11H2,1-3H3,(H,23,25). The van der Waals surface area contributed by atoms with Gasteiger partial charge < -0.3 is 15.2 Å². The summed E-state index contributed by atoms with van der Waals surface area (Å²) in [7, 11) is -3.08. The van der Waals surface area contributed by atoms with Gasteiger partial charge in [-0.25, -0.2) is 8.42 Å². The third-order valence-electron chi connectivity index (χ3n) is 3.77. The van der Waals surface area contributed by atoms with Gasteiger partial charge in [-0.15, -0.1) is 0 Å². The molecule has 0 aliphatic heterocycles. The molecule has 0 atom stereocenters. The van der Waals surface area contributed by atoms with Gasteiger partial charge in [0.05, 0.1) is 24.7 Å². The minimum atomic E-state index is -4.62. The van der Waals surface area contributed by atoms with Crippen molar-refractivity contribution in [3.8, 4) is 5.75 Å². The van der Waals surface area contributed by atoms with Gasteiger partial charge in [-0.2, -0.15) is 13.2 Å². The van der Waals surface area contributed by atoms with Crippen LogP contribution in [-0.4, -0.2) is 32.1 Å². The third kappa shape index (κ3) is 6.36. The molecule has 0 aliphatic carbocycles. The van der Waals surface area contributed by atoms with Crippen LogP contribution in [0.3, 0.4) is 0 Å². The largest absolute Gasteiger partial charge is 0.495 e. The van der Waals surface area contributed by atoms with E-state index in [1.807, 2.05) is 0 Å². The number of halogens is 3. The number of benzene rings is 2. The summed E-state index contributed by atoms with van der Waals surface area (Å²) in [6, 6.07) is 7.46. The van der Waals surface area contributed by atoms with E-state index in [1.54, 1.807) is 0 Å². The first-order valence-electron chi connectivity index (χ1n) is 8.62. The van der Waals surface area contributed by atoms with E-state index < -0.39 is 33.3 Å². The molecule has 11 heteroatoms. The van der Waals surface area contributed by atoms with Crippen LogP contribution in [0, 0.1) is 0 Å². The zero-order valence-corrected chi connectivity index (χ0v) is 17.2. The SMILES string of the molecule is COc1cc(NC(=O)CC(C)(C)O)ccc1S(=O)(=O)Nc1cccc(C(F)(F)F)c1. The van der Waals surface area contributed by atoms with E-state index in [0.29, 0.717) is 6.07 Å². The maximum Gasteiger partial charge on any atom is 0.416 e. The summed E-state index contributed by atoms with van der Waals surface area (Å²) in [6.45, 7) is 2.92. The number of aliphatic hydroxyl groups is 1. The molecule has 2 rings (SSSR count). The average molecular weight is 446 g/mol. The van der Waals surface area contributed by atoms with E-state index in [4.69, 9.17) is 4.74 Å².